The highest BCUT2D eigenvalue weighted by Gasteiger charge is 2.19. The highest BCUT2D eigenvalue weighted by atomic mass is 16.3. The van der Waals surface area contributed by atoms with E-state index in [1.165, 1.54) is 103 Å². The van der Waals surface area contributed by atoms with Gasteiger partial charge in [-0.2, -0.15) is 0 Å². The maximum Gasteiger partial charge on any atom is 0.102 e. The van der Waals surface area contributed by atoms with Crippen molar-refractivity contribution in [3.8, 4) is 0 Å². The van der Waals surface area contributed by atoms with Crippen molar-refractivity contribution in [1.82, 2.24) is 0 Å². The molecule has 0 aromatic carbocycles. The van der Waals surface area contributed by atoms with Gasteiger partial charge in [0, 0.05) is 0 Å². The first-order chi connectivity index (χ1) is 12.7. The number of likely N-dealkylation sites (N-methyl/N-ethyl adjacent to an activating group) is 1. The van der Waals surface area contributed by atoms with Crippen LogP contribution in [0.5, 0.6) is 0 Å². The van der Waals surface area contributed by atoms with Gasteiger partial charge in [0.05, 0.1) is 26.8 Å². The van der Waals surface area contributed by atoms with Gasteiger partial charge in [-0.3, -0.25) is 0 Å². The van der Waals surface area contributed by atoms with Crippen LogP contribution in [0.25, 0.3) is 0 Å². The van der Waals surface area contributed by atoms with Crippen molar-refractivity contribution in [3.63, 3.8) is 0 Å². The Morgan fingerprint density at radius 1 is 0.481 bits per heavy atom. The number of nitrogens with zero attached hydrogens (tertiary/aromatic N) is 1. The molecule has 0 aliphatic carbocycles. The van der Waals surface area contributed by atoms with Gasteiger partial charge in [0.2, 0.25) is 0 Å². The summed E-state index contributed by atoms with van der Waals surface area (Å²) in [5.41, 5.74) is 0. The summed E-state index contributed by atoms with van der Waals surface area (Å²) < 4.78 is 0.811. The number of aliphatic hydroxyl groups is 2. The molecular formula is C23H51NO3. The zero-order chi connectivity index (χ0) is 19.3. The first-order valence-electron chi connectivity index (χ1n) is 11.7. The average Bonchev–Trinajstić information content (AvgIpc) is 2.62. The summed E-state index contributed by atoms with van der Waals surface area (Å²) in [4.78, 5) is 0. The predicted octanol–water partition coefficient (Wildman–Crippen LogP) is 5.50. The molecule has 0 saturated carbocycles. The maximum absolute atomic E-state index is 9.17. The highest BCUT2D eigenvalue weighted by Crippen LogP contribution is 2.14. The van der Waals surface area contributed by atoms with Crippen molar-refractivity contribution in [2.75, 3.05) is 39.9 Å². The van der Waals surface area contributed by atoms with E-state index in [0.29, 0.717) is 0 Å². The van der Waals surface area contributed by atoms with Crippen LogP contribution >= 0.6 is 0 Å². The molecule has 4 heteroatoms. The van der Waals surface area contributed by atoms with E-state index in [0.717, 1.165) is 24.1 Å². The van der Waals surface area contributed by atoms with Crippen LogP contribution in [-0.2, 0) is 0 Å². The standard InChI is InChI=1S/C23H50NO2.H2O/c1-3-4-5-6-7-8-9-10-11-12-13-14-15-16-17-18-19-24(2,20-22-25)21-23-26;/h25-26H,3-23H2,1-2H3;1H2/q+1;/p-1. The molecule has 27 heavy (non-hydrogen) atoms. The highest BCUT2D eigenvalue weighted by molar-refractivity contribution is 4.50. The number of hydrogen-bond acceptors (Lipinski definition) is 3. The average molecular weight is 390 g/mol. The van der Waals surface area contributed by atoms with Crippen molar-refractivity contribution in [2.24, 2.45) is 0 Å². The minimum atomic E-state index is 0. The van der Waals surface area contributed by atoms with Gasteiger partial charge in [-0.1, -0.05) is 96.8 Å². The van der Waals surface area contributed by atoms with Crippen molar-refractivity contribution in [1.29, 1.82) is 0 Å². The Kier molecular flexibility index (Phi) is 23.8. The Hall–Kier alpha value is -0.160. The van der Waals surface area contributed by atoms with Crippen LogP contribution in [0.3, 0.4) is 0 Å². The first-order valence-corrected chi connectivity index (χ1v) is 11.7. The van der Waals surface area contributed by atoms with Gasteiger partial charge in [-0.05, 0) is 12.8 Å². The van der Waals surface area contributed by atoms with Gasteiger partial charge in [0.15, 0.2) is 0 Å². The molecule has 0 aliphatic rings. The van der Waals surface area contributed by atoms with E-state index in [4.69, 9.17) is 10.2 Å². The predicted molar refractivity (Wildman–Crippen MR) is 116 cm³/mol. The molecule has 0 fully saturated rings. The molecule has 0 radical (unpaired) electrons. The molecule has 0 unspecified atom stereocenters. The summed E-state index contributed by atoms with van der Waals surface area (Å²) in [7, 11) is 2.15. The Labute approximate surface area is 170 Å². The third-order valence-corrected chi connectivity index (χ3v) is 5.83. The Bertz CT molecular complexity index is 268. The molecule has 0 bridgehead atoms. The molecule has 3 N–H and O–H groups in total. The monoisotopic (exact) mass is 389 g/mol. The van der Waals surface area contributed by atoms with Crippen LogP contribution in [0.2, 0.25) is 0 Å². The van der Waals surface area contributed by atoms with E-state index < -0.39 is 0 Å². The largest absolute Gasteiger partial charge is 0.870 e. The zero-order valence-electron chi connectivity index (χ0n) is 18.6. The molecule has 0 amide bonds. The summed E-state index contributed by atoms with van der Waals surface area (Å²) in [6.45, 7) is 5.33. The van der Waals surface area contributed by atoms with Crippen molar-refractivity contribution in [2.45, 2.75) is 110 Å². The maximum atomic E-state index is 9.17. The number of aliphatic hydroxyl groups excluding tert-OH is 2. The first kappa shape index (κ1) is 29.0. The van der Waals surface area contributed by atoms with Gasteiger partial charge in [0.1, 0.15) is 13.1 Å². The Balaban J connectivity index is 0. The number of quaternary nitrogens is 1. The number of hydrogen-bond donors (Lipinski definition) is 2. The molecule has 0 saturated heterocycles. The fourth-order valence-electron chi connectivity index (χ4n) is 3.86. The van der Waals surface area contributed by atoms with E-state index in [-0.39, 0.29) is 18.7 Å². The molecule has 0 atom stereocenters. The van der Waals surface area contributed by atoms with Crippen LogP contribution in [0.15, 0.2) is 0 Å². The lowest BCUT2D eigenvalue weighted by molar-refractivity contribution is -0.910. The Morgan fingerprint density at radius 3 is 1.07 bits per heavy atom. The lowest BCUT2D eigenvalue weighted by Crippen LogP contribution is -2.48. The van der Waals surface area contributed by atoms with Crippen LogP contribution in [0, 0.1) is 0 Å². The summed E-state index contributed by atoms with van der Waals surface area (Å²) in [5, 5.41) is 18.3. The number of unbranched alkanes of at least 4 members (excludes halogenated alkanes) is 15. The summed E-state index contributed by atoms with van der Waals surface area (Å²) in [6, 6.07) is 0. The van der Waals surface area contributed by atoms with Crippen LogP contribution in [0.4, 0.5) is 0 Å². The van der Waals surface area contributed by atoms with Crippen molar-refractivity contribution >= 4 is 0 Å². The molecule has 0 rings (SSSR count). The zero-order valence-corrected chi connectivity index (χ0v) is 18.6. The fourth-order valence-corrected chi connectivity index (χ4v) is 3.86. The summed E-state index contributed by atoms with van der Waals surface area (Å²) >= 11 is 0. The van der Waals surface area contributed by atoms with E-state index >= 15 is 0 Å². The topological polar surface area (TPSA) is 70.5 Å². The van der Waals surface area contributed by atoms with Gasteiger partial charge in [0.25, 0.3) is 0 Å². The van der Waals surface area contributed by atoms with E-state index in [1.54, 1.807) is 0 Å². The molecule has 0 heterocycles. The van der Waals surface area contributed by atoms with E-state index in [1.807, 2.05) is 0 Å². The molecule has 0 aromatic rings. The SMILES string of the molecule is CCCCCCCCCCCCCCCCCC[N+](C)(CCO)CCO.[OH-]. The second-order valence-corrected chi connectivity index (χ2v) is 8.54. The summed E-state index contributed by atoms with van der Waals surface area (Å²) in [6.07, 6.45) is 22.4. The van der Waals surface area contributed by atoms with Gasteiger partial charge in [-0.15, -0.1) is 0 Å². The lowest BCUT2D eigenvalue weighted by Gasteiger charge is -2.33. The van der Waals surface area contributed by atoms with Gasteiger partial charge < -0.3 is 20.2 Å². The number of rotatable bonds is 21. The normalized spacial score (nSPS) is 11.6. The minimum Gasteiger partial charge on any atom is -0.870 e. The molecular weight excluding hydrogens is 338 g/mol. The van der Waals surface area contributed by atoms with Crippen molar-refractivity contribution in [3.05, 3.63) is 0 Å². The molecule has 4 nitrogen and oxygen atoms in total. The van der Waals surface area contributed by atoms with E-state index in [2.05, 4.69) is 14.0 Å². The third-order valence-electron chi connectivity index (χ3n) is 5.83. The van der Waals surface area contributed by atoms with Gasteiger partial charge >= 0.3 is 0 Å². The van der Waals surface area contributed by atoms with Crippen molar-refractivity contribution < 1.29 is 20.2 Å². The lowest BCUT2D eigenvalue weighted by atomic mass is 10.0. The second kappa shape index (κ2) is 22.1. The van der Waals surface area contributed by atoms with Crippen LogP contribution in [0.1, 0.15) is 110 Å². The van der Waals surface area contributed by atoms with Gasteiger partial charge in [-0.25, -0.2) is 0 Å². The van der Waals surface area contributed by atoms with E-state index in [9.17, 15) is 0 Å². The Morgan fingerprint density at radius 2 is 0.778 bits per heavy atom. The third kappa shape index (κ3) is 20.4. The molecule has 0 spiro atoms. The molecule has 166 valence electrons. The quantitative estimate of drug-likeness (QED) is 0.201. The van der Waals surface area contributed by atoms with Crippen LogP contribution < -0.4 is 0 Å². The minimum absolute atomic E-state index is 0. The fraction of sp³-hybridized carbons (Fsp3) is 1.00. The molecule has 0 aliphatic heterocycles. The smallest absolute Gasteiger partial charge is 0.102 e. The summed E-state index contributed by atoms with van der Waals surface area (Å²) in [5.74, 6) is 0. The second-order valence-electron chi connectivity index (χ2n) is 8.54. The van der Waals surface area contributed by atoms with Crippen LogP contribution in [-0.4, -0.2) is 60.1 Å². The molecule has 0 aromatic heterocycles.